The number of ether oxygens (including phenoxy) is 1. The van der Waals surface area contributed by atoms with Crippen LogP contribution in [-0.2, 0) is 6.54 Å². The van der Waals surface area contributed by atoms with Gasteiger partial charge in [0, 0.05) is 18.2 Å². The van der Waals surface area contributed by atoms with Crippen LogP contribution in [0.3, 0.4) is 0 Å². The summed E-state index contributed by atoms with van der Waals surface area (Å²) in [6.45, 7) is 4.76. The summed E-state index contributed by atoms with van der Waals surface area (Å²) in [4.78, 5) is 13.8. The summed E-state index contributed by atoms with van der Waals surface area (Å²) in [5.74, 6) is 0.940. The first-order valence-corrected chi connectivity index (χ1v) is 5.11. The smallest absolute Gasteiger partial charge is 0.254 e. The highest BCUT2D eigenvalue weighted by molar-refractivity contribution is 5.98. The van der Waals surface area contributed by atoms with E-state index >= 15 is 0 Å². The molecule has 0 saturated heterocycles. The number of fused-ring (bicyclic) bond motifs is 1. The van der Waals surface area contributed by atoms with Gasteiger partial charge in [-0.05, 0) is 37.6 Å². The molecular weight excluding hydrogens is 190 g/mol. The molecule has 0 N–H and O–H groups in total. The Balaban J connectivity index is 2.36. The van der Waals surface area contributed by atoms with Crippen molar-refractivity contribution in [3.63, 3.8) is 0 Å². The van der Waals surface area contributed by atoms with E-state index < -0.39 is 0 Å². The minimum Gasteiger partial charge on any atom is -0.497 e. The maximum atomic E-state index is 11.9. The molecule has 0 aliphatic carbocycles. The second kappa shape index (κ2) is 3.57. The third-order valence-electron chi connectivity index (χ3n) is 2.77. The van der Waals surface area contributed by atoms with Gasteiger partial charge in [-0.15, -0.1) is 0 Å². The van der Waals surface area contributed by atoms with E-state index in [0.29, 0.717) is 6.54 Å². The predicted molar refractivity (Wildman–Crippen MR) is 58.0 cm³/mol. The average Bonchev–Trinajstić information content (AvgIpc) is 2.55. The number of amides is 1. The molecule has 0 unspecified atom stereocenters. The van der Waals surface area contributed by atoms with Gasteiger partial charge in [0.1, 0.15) is 5.75 Å². The lowest BCUT2D eigenvalue weighted by molar-refractivity contribution is 0.0730. The van der Waals surface area contributed by atoms with Crippen molar-refractivity contribution in [2.24, 2.45) is 0 Å². The van der Waals surface area contributed by atoms with Gasteiger partial charge in [0.2, 0.25) is 0 Å². The molecule has 1 aromatic carbocycles. The Labute approximate surface area is 89.7 Å². The first-order valence-electron chi connectivity index (χ1n) is 5.11. The molecule has 2 rings (SSSR count). The van der Waals surface area contributed by atoms with E-state index in [1.54, 1.807) is 7.11 Å². The van der Waals surface area contributed by atoms with Crippen LogP contribution in [0.15, 0.2) is 18.2 Å². The molecule has 3 nitrogen and oxygen atoms in total. The maximum Gasteiger partial charge on any atom is 0.254 e. The fourth-order valence-corrected chi connectivity index (χ4v) is 1.86. The Bertz CT molecular complexity index is 399. The van der Waals surface area contributed by atoms with Crippen LogP contribution in [0.4, 0.5) is 0 Å². The Morgan fingerprint density at radius 2 is 2.13 bits per heavy atom. The van der Waals surface area contributed by atoms with Gasteiger partial charge in [-0.25, -0.2) is 0 Å². The van der Waals surface area contributed by atoms with Gasteiger partial charge in [-0.3, -0.25) is 4.79 Å². The van der Waals surface area contributed by atoms with Gasteiger partial charge in [0.05, 0.1) is 7.11 Å². The Hall–Kier alpha value is -1.51. The maximum absolute atomic E-state index is 11.9. The van der Waals surface area contributed by atoms with Crippen molar-refractivity contribution in [1.29, 1.82) is 0 Å². The number of carbonyl (C=O) groups is 1. The number of carbonyl (C=O) groups excluding carboxylic acids is 1. The van der Waals surface area contributed by atoms with Crippen molar-refractivity contribution in [2.45, 2.75) is 26.4 Å². The van der Waals surface area contributed by atoms with Crippen molar-refractivity contribution < 1.29 is 9.53 Å². The van der Waals surface area contributed by atoms with Gasteiger partial charge < -0.3 is 9.64 Å². The van der Waals surface area contributed by atoms with Crippen LogP contribution in [0.5, 0.6) is 5.75 Å². The molecule has 0 aromatic heterocycles. The summed E-state index contributed by atoms with van der Waals surface area (Å²) >= 11 is 0. The van der Waals surface area contributed by atoms with E-state index in [9.17, 15) is 4.79 Å². The van der Waals surface area contributed by atoms with Crippen molar-refractivity contribution in [2.75, 3.05) is 7.11 Å². The largest absolute Gasteiger partial charge is 0.497 e. The molecule has 0 atom stereocenters. The summed E-state index contributed by atoms with van der Waals surface area (Å²) in [5, 5.41) is 0. The standard InChI is InChI=1S/C12H15NO2/c1-8(2)13-7-9-6-10(15-3)4-5-11(9)12(13)14/h4-6,8H,7H2,1-3H3. The van der Waals surface area contributed by atoms with E-state index in [1.807, 2.05) is 36.9 Å². The molecule has 1 aliphatic heterocycles. The molecule has 1 heterocycles. The van der Waals surface area contributed by atoms with Crippen LogP contribution in [0.25, 0.3) is 0 Å². The molecule has 80 valence electrons. The quantitative estimate of drug-likeness (QED) is 0.739. The summed E-state index contributed by atoms with van der Waals surface area (Å²) in [5.41, 5.74) is 1.87. The number of hydrogen-bond acceptors (Lipinski definition) is 2. The molecule has 1 aliphatic rings. The highest BCUT2D eigenvalue weighted by atomic mass is 16.5. The fourth-order valence-electron chi connectivity index (χ4n) is 1.86. The summed E-state index contributed by atoms with van der Waals surface area (Å²) in [6.07, 6.45) is 0. The summed E-state index contributed by atoms with van der Waals surface area (Å²) in [7, 11) is 1.64. The van der Waals surface area contributed by atoms with Crippen LogP contribution in [0.2, 0.25) is 0 Å². The average molecular weight is 205 g/mol. The van der Waals surface area contributed by atoms with E-state index in [-0.39, 0.29) is 11.9 Å². The molecule has 0 bridgehead atoms. The summed E-state index contributed by atoms with van der Waals surface area (Å²) < 4.78 is 5.14. The third kappa shape index (κ3) is 1.58. The van der Waals surface area contributed by atoms with Crippen LogP contribution in [-0.4, -0.2) is 24.0 Å². The fraction of sp³-hybridized carbons (Fsp3) is 0.417. The molecule has 0 saturated carbocycles. The second-order valence-corrected chi connectivity index (χ2v) is 4.05. The van der Waals surface area contributed by atoms with Gasteiger partial charge in [0.15, 0.2) is 0 Å². The molecule has 3 heteroatoms. The van der Waals surface area contributed by atoms with Crippen molar-refractivity contribution >= 4 is 5.91 Å². The highest BCUT2D eigenvalue weighted by Crippen LogP contribution is 2.27. The number of benzene rings is 1. The Morgan fingerprint density at radius 1 is 1.40 bits per heavy atom. The van der Waals surface area contributed by atoms with Crippen molar-refractivity contribution in [1.82, 2.24) is 4.90 Å². The monoisotopic (exact) mass is 205 g/mol. The zero-order valence-corrected chi connectivity index (χ0v) is 9.28. The highest BCUT2D eigenvalue weighted by Gasteiger charge is 2.28. The normalized spacial score (nSPS) is 14.7. The van der Waals surface area contributed by atoms with Crippen LogP contribution < -0.4 is 4.74 Å². The van der Waals surface area contributed by atoms with Crippen molar-refractivity contribution in [3.8, 4) is 5.75 Å². The van der Waals surface area contributed by atoms with Crippen LogP contribution in [0.1, 0.15) is 29.8 Å². The van der Waals surface area contributed by atoms with E-state index in [1.165, 1.54) is 0 Å². The number of methoxy groups -OCH3 is 1. The minimum absolute atomic E-state index is 0.127. The topological polar surface area (TPSA) is 29.5 Å². The molecule has 15 heavy (non-hydrogen) atoms. The molecule has 1 amide bonds. The predicted octanol–water partition coefficient (Wildman–Crippen LogP) is 2.06. The lowest BCUT2D eigenvalue weighted by Crippen LogP contribution is -2.30. The van der Waals surface area contributed by atoms with Gasteiger partial charge in [-0.1, -0.05) is 0 Å². The van der Waals surface area contributed by atoms with Crippen molar-refractivity contribution in [3.05, 3.63) is 29.3 Å². The number of nitrogens with zero attached hydrogens (tertiary/aromatic N) is 1. The lowest BCUT2D eigenvalue weighted by atomic mass is 10.1. The first kappa shape index (κ1) is 10.0. The molecule has 1 aromatic rings. The zero-order chi connectivity index (χ0) is 11.0. The molecule has 0 fully saturated rings. The molecule has 0 spiro atoms. The number of rotatable bonds is 2. The van der Waals surface area contributed by atoms with Gasteiger partial charge >= 0.3 is 0 Å². The van der Waals surface area contributed by atoms with Crippen LogP contribution >= 0.6 is 0 Å². The van der Waals surface area contributed by atoms with E-state index in [4.69, 9.17) is 4.74 Å². The summed E-state index contributed by atoms with van der Waals surface area (Å²) in [6, 6.07) is 5.87. The molecular formula is C12H15NO2. The Morgan fingerprint density at radius 3 is 2.73 bits per heavy atom. The Kier molecular flexibility index (Phi) is 2.39. The van der Waals surface area contributed by atoms with Gasteiger partial charge in [0.25, 0.3) is 5.91 Å². The second-order valence-electron chi connectivity index (χ2n) is 4.05. The zero-order valence-electron chi connectivity index (χ0n) is 9.28. The molecule has 0 radical (unpaired) electrons. The lowest BCUT2D eigenvalue weighted by Gasteiger charge is -2.19. The van der Waals surface area contributed by atoms with E-state index in [2.05, 4.69) is 0 Å². The van der Waals surface area contributed by atoms with Gasteiger partial charge in [-0.2, -0.15) is 0 Å². The van der Waals surface area contributed by atoms with E-state index in [0.717, 1.165) is 16.9 Å². The SMILES string of the molecule is COc1ccc2c(c1)CN(C(C)C)C2=O. The first-order chi connectivity index (χ1) is 7.13. The minimum atomic E-state index is 0.127. The van der Waals surface area contributed by atoms with Crippen LogP contribution in [0, 0.1) is 0 Å². The number of hydrogen-bond donors (Lipinski definition) is 0. The third-order valence-corrected chi connectivity index (χ3v) is 2.77.